The molecule has 0 aliphatic carbocycles. The fourth-order valence-corrected chi connectivity index (χ4v) is 2.39. The van der Waals surface area contributed by atoms with Gasteiger partial charge in [-0.05, 0) is 12.5 Å². The largest absolute Gasteiger partial charge is 0.448 e. The first-order valence-corrected chi connectivity index (χ1v) is 7.92. The molecule has 1 aromatic rings. The zero-order valence-electron chi connectivity index (χ0n) is 11.2. The van der Waals surface area contributed by atoms with Crippen LogP contribution in [0, 0.1) is 0 Å². The second-order valence-corrected chi connectivity index (χ2v) is 6.17. The quantitative estimate of drug-likeness (QED) is 0.679. The van der Waals surface area contributed by atoms with Crippen LogP contribution in [0.2, 0.25) is 0 Å². The summed E-state index contributed by atoms with van der Waals surface area (Å²) in [6, 6.07) is 2.42. The van der Waals surface area contributed by atoms with Crippen LogP contribution in [-0.4, -0.2) is 40.2 Å². The molecule has 1 unspecified atom stereocenters. The number of imide groups is 1. The Morgan fingerprint density at radius 2 is 2.24 bits per heavy atom. The van der Waals surface area contributed by atoms with Crippen LogP contribution < -0.4 is 10.2 Å². The van der Waals surface area contributed by atoms with Crippen molar-refractivity contribution in [3.8, 4) is 0 Å². The van der Waals surface area contributed by atoms with Crippen molar-refractivity contribution in [1.82, 2.24) is 5.32 Å². The number of furan rings is 1. The van der Waals surface area contributed by atoms with Crippen molar-refractivity contribution < 1.29 is 33.1 Å². The summed E-state index contributed by atoms with van der Waals surface area (Å²) >= 11 is 0. The highest BCUT2D eigenvalue weighted by atomic mass is 31.2. The Bertz CT molecular complexity index is 581. The molecule has 1 fully saturated rings. The molecule has 9 nitrogen and oxygen atoms in total. The van der Waals surface area contributed by atoms with E-state index >= 15 is 0 Å². The molecule has 1 aliphatic rings. The van der Waals surface area contributed by atoms with Gasteiger partial charge in [0.25, 0.3) is 5.91 Å². The lowest BCUT2D eigenvalue weighted by Gasteiger charge is -2.39. The Hall–Kier alpha value is -1.67. The van der Waals surface area contributed by atoms with Gasteiger partial charge in [0, 0.05) is 6.07 Å². The Morgan fingerprint density at radius 3 is 2.76 bits per heavy atom. The van der Waals surface area contributed by atoms with Crippen LogP contribution >= 0.6 is 7.60 Å². The van der Waals surface area contributed by atoms with Crippen LogP contribution in [0.15, 0.2) is 22.8 Å². The molecule has 2 heterocycles. The normalized spacial score (nSPS) is 23.3. The molecule has 2 rings (SSSR count). The molecule has 1 atom stereocenters. The highest BCUT2D eigenvalue weighted by Crippen LogP contribution is 2.37. The lowest BCUT2D eigenvalue weighted by molar-refractivity contribution is -0.144. The van der Waals surface area contributed by atoms with E-state index in [9.17, 15) is 14.2 Å². The molecular weight excluding hydrogens is 303 g/mol. The fraction of sp³-hybridized carbons (Fsp3) is 0.455. The maximum Gasteiger partial charge on any atom is 0.351 e. The number of hydrogen-bond acceptors (Lipinski definition) is 5. The van der Waals surface area contributed by atoms with Crippen LogP contribution in [0.4, 0.5) is 10.7 Å². The first-order chi connectivity index (χ1) is 9.77. The lowest BCUT2D eigenvalue weighted by Crippen LogP contribution is -2.65. The average Bonchev–Trinajstić information content (AvgIpc) is 2.91. The minimum Gasteiger partial charge on any atom is -0.448 e. The first-order valence-electron chi connectivity index (χ1n) is 6.12. The number of nitrogens with one attached hydrogen (secondary N) is 1. The molecule has 3 amide bonds. The topological polar surface area (TPSA) is 129 Å². The maximum atomic E-state index is 12.0. The number of carbonyl (C=O) groups is 2. The summed E-state index contributed by atoms with van der Waals surface area (Å²) in [5, 5.41) is 2.11. The third kappa shape index (κ3) is 3.33. The minimum atomic E-state index is -4.44. The molecule has 10 heteroatoms. The highest BCUT2D eigenvalue weighted by Gasteiger charge is 2.48. The van der Waals surface area contributed by atoms with Crippen molar-refractivity contribution in [3.05, 3.63) is 18.4 Å². The monoisotopic (exact) mass is 318 g/mol. The van der Waals surface area contributed by atoms with E-state index in [2.05, 4.69) is 5.32 Å². The Balaban J connectivity index is 2.25. The predicted octanol–water partition coefficient (Wildman–Crippen LogP) is 0.636. The van der Waals surface area contributed by atoms with Crippen molar-refractivity contribution in [2.24, 2.45) is 0 Å². The number of ether oxygens (including phenoxy) is 1. The van der Waals surface area contributed by atoms with Gasteiger partial charge in [0.1, 0.15) is 6.35 Å². The van der Waals surface area contributed by atoms with Crippen molar-refractivity contribution in [2.75, 3.05) is 17.8 Å². The summed E-state index contributed by atoms with van der Waals surface area (Å²) in [7, 11) is -4.44. The second-order valence-electron chi connectivity index (χ2n) is 4.58. The van der Waals surface area contributed by atoms with Crippen molar-refractivity contribution in [3.63, 3.8) is 0 Å². The average molecular weight is 318 g/mol. The molecule has 0 saturated carbocycles. The van der Waals surface area contributed by atoms with Crippen LogP contribution in [0.5, 0.6) is 0 Å². The molecule has 0 aromatic carbocycles. The number of rotatable bonds is 5. The Labute approximate surface area is 120 Å². The van der Waals surface area contributed by atoms with Gasteiger partial charge in [0.15, 0.2) is 5.60 Å². The van der Waals surface area contributed by atoms with Gasteiger partial charge in [0.2, 0.25) is 5.88 Å². The first kappa shape index (κ1) is 15.7. The van der Waals surface area contributed by atoms with Gasteiger partial charge in [-0.15, -0.1) is 0 Å². The fourth-order valence-electron chi connectivity index (χ4n) is 1.97. The minimum absolute atomic E-state index is 0.128. The highest BCUT2D eigenvalue weighted by molar-refractivity contribution is 7.51. The summed E-state index contributed by atoms with van der Waals surface area (Å²) < 4.78 is 21.2. The molecular formula is C11H15N2O7P. The van der Waals surface area contributed by atoms with E-state index < -0.39 is 31.5 Å². The number of carbonyl (C=O) groups excluding carboxylic acids is 2. The zero-order valence-corrected chi connectivity index (χ0v) is 12.1. The van der Waals surface area contributed by atoms with E-state index in [1.165, 1.54) is 12.3 Å². The predicted molar refractivity (Wildman–Crippen MR) is 70.6 cm³/mol. The molecule has 0 spiro atoms. The van der Waals surface area contributed by atoms with E-state index in [0.29, 0.717) is 0 Å². The van der Waals surface area contributed by atoms with Crippen molar-refractivity contribution >= 4 is 25.4 Å². The van der Waals surface area contributed by atoms with Gasteiger partial charge in [-0.25, -0.2) is 4.79 Å². The molecule has 3 N–H and O–H groups in total. The maximum absolute atomic E-state index is 12.0. The van der Waals surface area contributed by atoms with E-state index in [1.54, 1.807) is 13.0 Å². The standard InChI is InChI=1S/C11H15N2O7P/c1-2-11(20-7-21(16,17)18)6-13(8-4-3-5-19-8)10(15)12-9(11)14/h3-5H,2,6-7H2,1H3,(H,12,14,15)(H2,16,17,18). The number of anilines is 1. The molecule has 0 radical (unpaired) electrons. The third-order valence-electron chi connectivity index (χ3n) is 3.15. The number of nitrogens with zero attached hydrogens (tertiary/aromatic N) is 1. The SMILES string of the molecule is CCC1(OCP(=O)(O)O)CN(c2ccco2)C(=O)NC1=O. The summed E-state index contributed by atoms with van der Waals surface area (Å²) in [5.74, 6) is -0.524. The summed E-state index contributed by atoms with van der Waals surface area (Å²) in [4.78, 5) is 42.8. The molecule has 1 aromatic heterocycles. The summed E-state index contributed by atoms with van der Waals surface area (Å²) in [6.45, 7) is 1.43. The Kier molecular flexibility index (Phi) is 4.20. The van der Waals surface area contributed by atoms with Gasteiger partial charge in [-0.3, -0.25) is 19.6 Å². The molecule has 21 heavy (non-hydrogen) atoms. The van der Waals surface area contributed by atoms with E-state index in [0.717, 1.165) is 4.90 Å². The lowest BCUT2D eigenvalue weighted by atomic mass is 9.96. The van der Waals surface area contributed by atoms with Crippen LogP contribution in [-0.2, 0) is 14.1 Å². The van der Waals surface area contributed by atoms with Crippen LogP contribution in [0.1, 0.15) is 13.3 Å². The van der Waals surface area contributed by atoms with Gasteiger partial charge >= 0.3 is 13.6 Å². The zero-order chi connectivity index (χ0) is 15.7. The molecule has 0 bridgehead atoms. The van der Waals surface area contributed by atoms with E-state index in [-0.39, 0.29) is 18.8 Å². The Morgan fingerprint density at radius 1 is 1.52 bits per heavy atom. The molecule has 1 aliphatic heterocycles. The van der Waals surface area contributed by atoms with Gasteiger partial charge < -0.3 is 18.9 Å². The number of urea groups is 1. The van der Waals surface area contributed by atoms with Crippen LogP contribution in [0.25, 0.3) is 0 Å². The molecule has 1 saturated heterocycles. The number of hydrogen-bond donors (Lipinski definition) is 3. The third-order valence-corrected chi connectivity index (χ3v) is 3.61. The van der Waals surface area contributed by atoms with Gasteiger partial charge in [0.05, 0.1) is 12.8 Å². The summed E-state index contributed by atoms with van der Waals surface area (Å²) in [6.07, 6.45) is 0.584. The van der Waals surface area contributed by atoms with Crippen molar-refractivity contribution in [2.45, 2.75) is 18.9 Å². The van der Waals surface area contributed by atoms with E-state index in [1.807, 2.05) is 0 Å². The second kappa shape index (κ2) is 5.61. The summed E-state index contributed by atoms with van der Waals surface area (Å²) in [5.41, 5.74) is -1.54. The smallest absolute Gasteiger partial charge is 0.351 e. The van der Waals surface area contributed by atoms with Gasteiger partial charge in [-0.1, -0.05) is 6.92 Å². The van der Waals surface area contributed by atoms with Gasteiger partial charge in [-0.2, -0.15) is 0 Å². The number of amides is 3. The van der Waals surface area contributed by atoms with Crippen molar-refractivity contribution in [1.29, 1.82) is 0 Å². The van der Waals surface area contributed by atoms with Crippen LogP contribution in [0.3, 0.4) is 0 Å². The van der Waals surface area contributed by atoms with E-state index in [4.69, 9.17) is 18.9 Å². The molecule has 116 valence electrons.